The maximum atomic E-state index is 12.3. The Balaban J connectivity index is 1.71. The summed E-state index contributed by atoms with van der Waals surface area (Å²) >= 11 is 6.00. The molecule has 1 N–H and O–H groups in total. The highest BCUT2D eigenvalue weighted by molar-refractivity contribution is 7.86. The van der Waals surface area contributed by atoms with Gasteiger partial charge in [-0.2, -0.15) is 8.42 Å². The number of rotatable bonds is 4. The number of phenolic OH excluding ortho intramolecular Hbond substituents is 1. The van der Waals surface area contributed by atoms with Gasteiger partial charge in [0.15, 0.2) is 17.6 Å². The van der Waals surface area contributed by atoms with E-state index < -0.39 is 16.2 Å². The normalized spacial score (nSPS) is 16.8. The van der Waals surface area contributed by atoms with Gasteiger partial charge in [0.05, 0.1) is 5.02 Å². The molecule has 0 fully saturated rings. The van der Waals surface area contributed by atoms with E-state index in [9.17, 15) is 13.5 Å². The molecular formula is C16H15ClO6S. The molecule has 0 amide bonds. The Morgan fingerprint density at radius 3 is 2.92 bits per heavy atom. The van der Waals surface area contributed by atoms with Gasteiger partial charge in [0, 0.05) is 6.07 Å². The van der Waals surface area contributed by atoms with Crippen LogP contribution >= 0.6 is 11.6 Å². The summed E-state index contributed by atoms with van der Waals surface area (Å²) in [7, 11) is -4.02. The molecule has 2 aromatic carbocycles. The predicted molar refractivity (Wildman–Crippen MR) is 87.3 cm³/mol. The molecule has 1 atom stereocenters. The second-order valence-electron chi connectivity index (χ2n) is 5.31. The molecule has 1 aliphatic heterocycles. The van der Waals surface area contributed by atoms with Crippen molar-refractivity contribution < 1.29 is 27.2 Å². The van der Waals surface area contributed by atoms with Crippen LogP contribution in [-0.2, 0) is 14.3 Å². The Kier molecular flexibility index (Phi) is 4.58. The largest absolute Gasteiger partial charge is 0.508 e. The first-order chi connectivity index (χ1) is 11.4. The number of aromatic hydroxyl groups is 1. The van der Waals surface area contributed by atoms with Crippen LogP contribution in [0, 0.1) is 6.92 Å². The molecule has 1 aliphatic rings. The first-order valence-electron chi connectivity index (χ1n) is 7.14. The van der Waals surface area contributed by atoms with Crippen LogP contribution in [0.3, 0.4) is 0 Å². The summed E-state index contributed by atoms with van der Waals surface area (Å²) < 4.78 is 40.8. The van der Waals surface area contributed by atoms with Gasteiger partial charge in [-0.3, -0.25) is 4.18 Å². The van der Waals surface area contributed by atoms with Crippen molar-refractivity contribution in [1.82, 2.24) is 0 Å². The van der Waals surface area contributed by atoms with Crippen molar-refractivity contribution in [1.29, 1.82) is 0 Å². The van der Waals surface area contributed by atoms with Crippen LogP contribution in [0.1, 0.15) is 5.56 Å². The van der Waals surface area contributed by atoms with Crippen LogP contribution in [0.4, 0.5) is 0 Å². The minimum atomic E-state index is -4.02. The van der Waals surface area contributed by atoms with E-state index in [0.717, 1.165) is 6.07 Å². The van der Waals surface area contributed by atoms with Crippen molar-refractivity contribution in [3.63, 3.8) is 0 Å². The quantitative estimate of drug-likeness (QED) is 0.833. The fraction of sp³-hybridized carbons (Fsp3) is 0.250. The van der Waals surface area contributed by atoms with Crippen LogP contribution in [0.15, 0.2) is 41.3 Å². The van der Waals surface area contributed by atoms with Gasteiger partial charge in [-0.05, 0) is 30.7 Å². The molecule has 0 aliphatic carbocycles. The summed E-state index contributed by atoms with van der Waals surface area (Å²) in [5.41, 5.74) is 0.478. The second kappa shape index (κ2) is 6.51. The standard InChI is InChI=1S/C16H15ClO6S/c1-10-5-6-11(18)7-15(10)24(19,20)22-9-12-8-21-16-13(17)3-2-4-14(16)23-12/h2-7,12,18H,8-9H2,1H3. The van der Waals surface area contributed by atoms with Gasteiger partial charge >= 0.3 is 0 Å². The molecule has 1 unspecified atom stereocenters. The van der Waals surface area contributed by atoms with Crippen molar-refractivity contribution in [2.75, 3.05) is 13.2 Å². The Labute approximate surface area is 144 Å². The summed E-state index contributed by atoms with van der Waals surface area (Å²) in [6, 6.07) is 9.13. The van der Waals surface area contributed by atoms with E-state index in [1.165, 1.54) is 12.1 Å². The molecule has 128 valence electrons. The molecule has 0 saturated carbocycles. The molecule has 24 heavy (non-hydrogen) atoms. The molecule has 6 nitrogen and oxygen atoms in total. The third-order valence-electron chi connectivity index (χ3n) is 3.49. The van der Waals surface area contributed by atoms with Crippen molar-refractivity contribution in [2.45, 2.75) is 17.9 Å². The average molecular weight is 371 g/mol. The lowest BCUT2D eigenvalue weighted by molar-refractivity contribution is 0.0555. The lowest BCUT2D eigenvalue weighted by Gasteiger charge is -2.26. The number of halogens is 1. The van der Waals surface area contributed by atoms with Gasteiger partial charge in [0.1, 0.15) is 23.9 Å². The Morgan fingerprint density at radius 2 is 2.12 bits per heavy atom. The summed E-state index contributed by atoms with van der Waals surface area (Å²) in [5.74, 6) is 0.721. The first kappa shape index (κ1) is 16.9. The predicted octanol–water partition coefficient (Wildman–Crippen LogP) is 2.90. The minimum Gasteiger partial charge on any atom is -0.508 e. The zero-order chi connectivity index (χ0) is 17.3. The van der Waals surface area contributed by atoms with E-state index in [1.807, 2.05) is 0 Å². The Bertz CT molecular complexity index is 865. The monoisotopic (exact) mass is 370 g/mol. The van der Waals surface area contributed by atoms with Gasteiger partial charge in [-0.25, -0.2) is 0 Å². The number of hydrogen-bond acceptors (Lipinski definition) is 6. The molecule has 0 aromatic heterocycles. The summed E-state index contributed by atoms with van der Waals surface area (Å²) in [6.45, 7) is 1.52. The molecular weight excluding hydrogens is 356 g/mol. The van der Waals surface area contributed by atoms with E-state index >= 15 is 0 Å². The van der Waals surface area contributed by atoms with Gasteiger partial charge < -0.3 is 14.6 Å². The number of hydrogen-bond donors (Lipinski definition) is 1. The molecule has 3 rings (SSSR count). The Hall–Kier alpha value is -1.96. The second-order valence-corrected chi connectivity index (χ2v) is 7.30. The van der Waals surface area contributed by atoms with Crippen molar-refractivity contribution in [3.8, 4) is 17.2 Å². The molecule has 2 aromatic rings. The number of phenols is 1. The molecule has 0 saturated heterocycles. The SMILES string of the molecule is Cc1ccc(O)cc1S(=O)(=O)OCC1COc2c(Cl)cccc2O1. The van der Waals surface area contributed by atoms with Crippen LogP contribution in [0.2, 0.25) is 5.02 Å². The maximum absolute atomic E-state index is 12.3. The fourth-order valence-corrected chi connectivity index (χ4v) is 3.69. The summed E-state index contributed by atoms with van der Waals surface area (Å²) in [4.78, 5) is -0.0809. The maximum Gasteiger partial charge on any atom is 0.297 e. The van der Waals surface area contributed by atoms with E-state index in [0.29, 0.717) is 22.1 Å². The highest BCUT2D eigenvalue weighted by Gasteiger charge is 2.26. The third-order valence-corrected chi connectivity index (χ3v) is 5.21. The van der Waals surface area contributed by atoms with Gasteiger partial charge in [0.2, 0.25) is 0 Å². The lowest BCUT2D eigenvalue weighted by atomic mass is 10.2. The summed E-state index contributed by atoms with van der Waals surface area (Å²) in [6.07, 6.45) is -0.594. The fourth-order valence-electron chi connectivity index (χ4n) is 2.28. The highest BCUT2D eigenvalue weighted by atomic mass is 35.5. The van der Waals surface area contributed by atoms with Crippen LogP contribution < -0.4 is 9.47 Å². The summed E-state index contributed by atoms with van der Waals surface area (Å²) in [5, 5.41) is 9.90. The van der Waals surface area contributed by atoms with Gasteiger partial charge in [-0.1, -0.05) is 23.7 Å². The number of aryl methyl sites for hydroxylation is 1. The van der Waals surface area contributed by atoms with E-state index in [2.05, 4.69) is 0 Å². The number of fused-ring (bicyclic) bond motifs is 1. The number of ether oxygens (including phenoxy) is 2. The number of para-hydroxylation sites is 1. The van der Waals surface area contributed by atoms with E-state index in [1.54, 1.807) is 25.1 Å². The highest BCUT2D eigenvalue weighted by Crippen LogP contribution is 2.38. The van der Waals surface area contributed by atoms with E-state index in [4.69, 9.17) is 25.3 Å². The van der Waals surface area contributed by atoms with Crippen LogP contribution in [-0.4, -0.2) is 32.8 Å². The smallest absolute Gasteiger partial charge is 0.297 e. The van der Waals surface area contributed by atoms with Gasteiger partial charge in [-0.15, -0.1) is 0 Å². The van der Waals surface area contributed by atoms with Gasteiger partial charge in [0.25, 0.3) is 10.1 Å². The van der Waals surface area contributed by atoms with Crippen LogP contribution in [0.25, 0.3) is 0 Å². The van der Waals surface area contributed by atoms with Crippen molar-refractivity contribution >= 4 is 21.7 Å². The third kappa shape index (κ3) is 3.43. The van der Waals surface area contributed by atoms with Crippen LogP contribution in [0.5, 0.6) is 17.2 Å². The van der Waals surface area contributed by atoms with Crippen molar-refractivity contribution in [2.24, 2.45) is 0 Å². The molecule has 8 heteroatoms. The zero-order valence-corrected chi connectivity index (χ0v) is 14.3. The van der Waals surface area contributed by atoms with E-state index in [-0.39, 0.29) is 23.9 Å². The Morgan fingerprint density at radius 1 is 1.33 bits per heavy atom. The molecule has 1 heterocycles. The molecule has 0 spiro atoms. The average Bonchev–Trinajstić information content (AvgIpc) is 2.55. The molecule has 0 radical (unpaired) electrons. The number of benzene rings is 2. The topological polar surface area (TPSA) is 82.1 Å². The van der Waals surface area contributed by atoms with Crippen molar-refractivity contribution in [3.05, 3.63) is 47.0 Å². The zero-order valence-electron chi connectivity index (χ0n) is 12.7. The lowest BCUT2D eigenvalue weighted by Crippen LogP contribution is -2.34. The first-order valence-corrected chi connectivity index (χ1v) is 8.92. The molecule has 0 bridgehead atoms. The minimum absolute atomic E-state index is 0.0809.